The van der Waals surface area contributed by atoms with Gasteiger partial charge in [-0.2, -0.15) is 0 Å². The van der Waals surface area contributed by atoms with Gasteiger partial charge in [0.1, 0.15) is 10.6 Å². The van der Waals surface area contributed by atoms with Crippen molar-refractivity contribution in [2.24, 2.45) is 0 Å². The van der Waals surface area contributed by atoms with E-state index in [4.69, 9.17) is 4.74 Å². The molecule has 0 radical (unpaired) electrons. The first kappa shape index (κ1) is 19.3. The summed E-state index contributed by atoms with van der Waals surface area (Å²) in [6.45, 7) is 3.93. The van der Waals surface area contributed by atoms with E-state index in [2.05, 4.69) is 26.2 Å². The van der Waals surface area contributed by atoms with Gasteiger partial charge in [-0.3, -0.25) is 9.78 Å². The number of anilines is 1. The molecular formula is C20H17BrN2O3S. The number of nitrogens with one attached hydrogen (secondary N) is 1. The molecule has 3 aromatic rings. The van der Waals surface area contributed by atoms with Gasteiger partial charge in [-0.1, -0.05) is 28.1 Å². The van der Waals surface area contributed by atoms with Crippen molar-refractivity contribution in [2.75, 3.05) is 11.9 Å². The van der Waals surface area contributed by atoms with E-state index in [9.17, 15) is 9.59 Å². The molecule has 0 saturated heterocycles. The van der Waals surface area contributed by atoms with Crippen molar-refractivity contribution < 1.29 is 14.3 Å². The standard InChI is InChI=1S/C20H17BrN2O3S/c1-3-26-20(25)17-16(13-6-8-15(21)9-7-13)12(2)27-19(17)23-18(24)14-5-4-10-22-11-14/h4-11H,3H2,1-2H3,(H,23,24). The number of nitrogens with zero attached hydrogens (tertiary/aromatic N) is 1. The number of thiophene rings is 1. The Kier molecular flexibility index (Phi) is 6.03. The highest BCUT2D eigenvalue weighted by Gasteiger charge is 2.25. The number of benzene rings is 1. The molecular weight excluding hydrogens is 428 g/mol. The Balaban J connectivity index is 2.06. The van der Waals surface area contributed by atoms with E-state index in [0.29, 0.717) is 16.1 Å². The van der Waals surface area contributed by atoms with E-state index in [1.165, 1.54) is 17.5 Å². The van der Waals surface area contributed by atoms with Crippen molar-refractivity contribution in [3.8, 4) is 11.1 Å². The number of hydrogen-bond donors (Lipinski definition) is 1. The molecule has 0 aliphatic rings. The molecule has 2 heterocycles. The van der Waals surface area contributed by atoms with Crippen LogP contribution in [-0.4, -0.2) is 23.5 Å². The second-order valence-corrected chi connectivity index (χ2v) is 7.80. The van der Waals surface area contributed by atoms with E-state index < -0.39 is 5.97 Å². The minimum Gasteiger partial charge on any atom is -0.462 e. The van der Waals surface area contributed by atoms with Crippen LogP contribution in [0.1, 0.15) is 32.5 Å². The molecule has 5 nitrogen and oxygen atoms in total. The van der Waals surface area contributed by atoms with Crippen LogP contribution in [0.5, 0.6) is 0 Å². The largest absolute Gasteiger partial charge is 0.462 e. The highest BCUT2D eigenvalue weighted by molar-refractivity contribution is 9.10. The minimum atomic E-state index is -0.457. The van der Waals surface area contributed by atoms with Gasteiger partial charge in [-0.15, -0.1) is 11.3 Å². The van der Waals surface area contributed by atoms with E-state index in [1.807, 2.05) is 31.2 Å². The lowest BCUT2D eigenvalue weighted by molar-refractivity contribution is 0.0529. The van der Waals surface area contributed by atoms with Gasteiger partial charge < -0.3 is 10.1 Å². The number of rotatable bonds is 5. The molecule has 0 spiro atoms. The van der Waals surface area contributed by atoms with Gasteiger partial charge in [-0.25, -0.2) is 4.79 Å². The van der Waals surface area contributed by atoms with Gasteiger partial charge in [0.25, 0.3) is 5.91 Å². The number of carbonyl (C=O) groups is 2. The van der Waals surface area contributed by atoms with Crippen LogP contribution in [0.2, 0.25) is 0 Å². The monoisotopic (exact) mass is 444 g/mol. The molecule has 0 atom stereocenters. The number of hydrogen-bond acceptors (Lipinski definition) is 5. The van der Waals surface area contributed by atoms with Gasteiger partial charge in [0.2, 0.25) is 0 Å². The van der Waals surface area contributed by atoms with Crippen LogP contribution in [0.4, 0.5) is 5.00 Å². The Morgan fingerprint density at radius 3 is 2.59 bits per heavy atom. The molecule has 0 fully saturated rings. The van der Waals surface area contributed by atoms with Crippen LogP contribution >= 0.6 is 27.3 Å². The summed E-state index contributed by atoms with van der Waals surface area (Å²) in [6.07, 6.45) is 3.08. The number of halogens is 1. The first-order chi connectivity index (χ1) is 13.0. The van der Waals surface area contributed by atoms with E-state index in [-0.39, 0.29) is 12.5 Å². The predicted octanol–water partition coefficient (Wildman–Crippen LogP) is 5.31. The molecule has 7 heteroatoms. The first-order valence-corrected chi connectivity index (χ1v) is 9.90. The molecule has 138 valence electrons. The van der Waals surface area contributed by atoms with Crippen molar-refractivity contribution in [1.29, 1.82) is 0 Å². The number of amides is 1. The second kappa shape index (κ2) is 8.45. The third-order valence-electron chi connectivity index (χ3n) is 3.85. The second-order valence-electron chi connectivity index (χ2n) is 5.66. The van der Waals surface area contributed by atoms with Crippen LogP contribution in [0.25, 0.3) is 11.1 Å². The Bertz CT molecular complexity index is 969. The van der Waals surface area contributed by atoms with E-state index in [0.717, 1.165) is 20.5 Å². The van der Waals surface area contributed by atoms with Crippen LogP contribution in [0, 0.1) is 6.92 Å². The number of ether oxygens (including phenoxy) is 1. The number of esters is 1. The first-order valence-electron chi connectivity index (χ1n) is 8.29. The van der Waals surface area contributed by atoms with Crippen molar-refractivity contribution in [3.63, 3.8) is 0 Å². The van der Waals surface area contributed by atoms with Crippen molar-refractivity contribution in [3.05, 3.63) is 69.3 Å². The van der Waals surface area contributed by atoms with Crippen LogP contribution in [0.15, 0.2) is 53.3 Å². The van der Waals surface area contributed by atoms with Crippen molar-refractivity contribution in [2.45, 2.75) is 13.8 Å². The summed E-state index contributed by atoms with van der Waals surface area (Å²) in [4.78, 5) is 30.1. The fraction of sp³-hybridized carbons (Fsp3) is 0.150. The molecule has 3 rings (SSSR count). The zero-order valence-electron chi connectivity index (χ0n) is 14.8. The molecule has 0 bridgehead atoms. The smallest absolute Gasteiger partial charge is 0.341 e. The summed E-state index contributed by atoms with van der Waals surface area (Å²) in [5, 5.41) is 3.31. The average molecular weight is 445 g/mol. The minimum absolute atomic E-state index is 0.253. The molecule has 1 aromatic carbocycles. The predicted molar refractivity (Wildman–Crippen MR) is 110 cm³/mol. The molecule has 0 aliphatic carbocycles. The zero-order chi connectivity index (χ0) is 19.4. The summed E-state index contributed by atoms with van der Waals surface area (Å²) >= 11 is 4.77. The van der Waals surface area contributed by atoms with Gasteiger partial charge in [-0.05, 0) is 43.7 Å². The average Bonchev–Trinajstić information content (AvgIpc) is 2.99. The highest BCUT2D eigenvalue weighted by Crippen LogP contribution is 2.40. The number of pyridine rings is 1. The molecule has 0 aliphatic heterocycles. The maximum Gasteiger partial charge on any atom is 0.341 e. The number of aryl methyl sites for hydroxylation is 1. The maximum atomic E-state index is 12.7. The van der Waals surface area contributed by atoms with Gasteiger partial charge >= 0.3 is 5.97 Å². The molecule has 0 unspecified atom stereocenters. The topological polar surface area (TPSA) is 68.3 Å². The van der Waals surface area contributed by atoms with E-state index in [1.54, 1.807) is 25.3 Å². The third-order valence-corrected chi connectivity index (χ3v) is 5.40. The number of carbonyl (C=O) groups excluding carboxylic acids is 2. The van der Waals surface area contributed by atoms with E-state index >= 15 is 0 Å². The zero-order valence-corrected chi connectivity index (χ0v) is 17.2. The maximum absolute atomic E-state index is 12.7. The highest BCUT2D eigenvalue weighted by atomic mass is 79.9. The Morgan fingerprint density at radius 2 is 1.96 bits per heavy atom. The molecule has 2 aromatic heterocycles. The lowest BCUT2D eigenvalue weighted by atomic mass is 10.0. The summed E-state index contributed by atoms with van der Waals surface area (Å²) in [5.41, 5.74) is 2.45. The summed E-state index contributed by atoms with van der Waals surface area (Å²) in [5.74, 6) is -0.779. The van der Waals surface area contributed by atoms with Crippen molar-refractivity contribution >= 4 is 44.1 Å². The third kappa shape index (κ3) is 4.26. The number of aromatic nitrogens is 1. The lowest BCUT2D eigenvalue weighted by Gasteiger charge is -2.09. The SMILES string of the molecule is CCOC(=O)c1c(NC(=O)c2cccnc2)sc(C)c1-c1ccc(Br)cc1. The van der Waals surface area contributed by atoms with Gasteiger partial charge in [0.05, 0.1) is 12.2 Å². The van der Waals surface area contributed by atoms with Crippen LogP contribution in [-0.2, 0) is 4.74 Å². The van der Waals surface area contributed by atoms with Gasteiger partial charge in [0.15, 0.2) is 0 Å². The Hall–Kier alpha value is -2.51. The quantitative estimate of drug-likeness (QED) is 0.541. The fourth-order valence-corrected chi connectivity index (χ4v) is 3.99. The van der Waals surface area contributed by atoms with Crippen LogP contribution in [0.3, 0.4) is 0 Å². The summed E-state index contributed by atoms with van der Waals surface area (Å²) in [6, 6.07) is 11.0. The normalized spacial score (nSPS) is 10.5. The van der Waals surface area contributed by atoms with Crippen LogP contribution < -0.4 is 5.32 Å². The summed E-state index contributed by atoms with van der Waals surface area (Å²) in [7, 11) is 0. The molecule has 27 heavy (non-hydrogen) atoms. The Labute approximate surface area is 169 Å². The molecule has 0 saturated carbocycles. The van der Waals surface area contributed by atoms with Gasteiger partial charge in [0, 0.05) is 27.3 Å². The molecule has 1 N–H and O–H groups in total. The van der Waals surface area contributed by atoms with Crippen molar-refractivity contribution in [1.82, 2.24) is 4.98 Å². The fourth-order valence-electron chi connectivity index (χ4n) is 2.67. The Morgan fingerprint density at radius 1 is 1.22 bits per heavy atom. The summed E-state index contributed by atoms with van der Waals surface area (Å²) < 4.78 is 6.20. The lowest BCUT2D eigenvalue weighted by Crippen LogP contribution is -2.15. The molecule has 1 amide bonds.